The molecule has 0 heterocycles. The number of ether oxygens (including phenoxy) is 2. The van der Waals surface area contributed by atoms with Crippen molar-refractivity contribution in [2.45, 2.75) is 92.8 Å². The second kappa shape index (κ2) is 13.2. The number of methoxy groups -OCH3 is 1. The highest BCUT2D eigenvalue weighted by Gasteiger charge is 2.53. The predicted octanol–water partition coefficient (Wildman–Crippen LogP) is 6.14. The molecule has 6 nitrogen and oxygen atoms in total. The Morgan fingerprint density at radius 1 is 1.03 bits per heavy atom. The molecule has 0 saturated heterocycles. The lowest BCUT2D eigenvalue weighted by atomic mass is 9.57. The van der Waals surface area contributed by atoms with Crippen molar-refractivity contribution in [3.8, 4) is 0 Å². The van der Waals surface area contributed by atoms with Crippen molar-refractivity contribution in [2.75, 3.05) is 20.3 Å². The zero-order chi connectivity index (χ0) is 26.2. The molecule has 0 aromatic carbocycles. The van der Waals surface area contributed by atoms with Crippen LogP contribution < -0.4 is 0 Å². The lowest BCUT2D eigenvalue weighted by Crippen LogP contribution is -2.50. The first-order chi connectivity index (χ1) is 15.0. The van der Waals surface area contributed by atoms with E-state index < -0.39 is 28.1 Å². The first-order valence-electron chi connectivity index (χ1n) is 12.1. The third-order valence-corrected chi connectivity index (χ3v) is 9.46. The average Bonchev–Trinajstić information content (AvgIpc) is 2.71. The van der Waals surface area contributed by atoms with Gasteiger partial charge >= 0.3 is 11.9 Å². The summed E-state index contributed by atoms with van der Waals surface area (Å²) < 4.78 is 10.6. The van der Waals surface area contributed by atoms with Crippen molar-refractivity contribution < 1.29 is 29.0 Å². The zero-order valence-electron chi connectivity index (χ0n) is 22.4. The molecule has 5 unspecified atom stereocenters. The molecule has 194 valence electrons. The SMILES string of the molecule is CCCC(Br)C(C)(C(=O)OCCOC)C(C)C(C)(C)CC(C(=O)O)C(CC)C(C)(C)C(C)=O. The Morgan fingerprint density at radius 2 is 1.58 bits per heavy atom. The summed E-state index contributed by atoms with van der Waals surface area (Å²) in [7, 11) is 1.56. The van der Waals surface area contributed by atoms with Crippen LogP contribution in [0.1, 0.15) is 88.0 Å². The number of carboxylic acids is 1. The fourth-order valence-corrected chi connectivity index (χ4v) is 6.06. The molecular weight excluding hydrogens is 488 g/mol. The monoisotopic (exact) mass is 534 g/mol. The molecule has 0 aromatic heterocycles. The number of ketones is 1. The number of hydrogen-bond acceptors (Lipinski definition) is 5. The molecule has 0 saturated carbocycles. The second-order valence-electron chi connectivity index (χ2n) is 10.8. The van der Waals surface area contributed by atoms with Crippen LogP contribution in [0.4, 0.5) is 0 Å². The highest BCUT2D eigenvalue weighted by molar-refractivity contribution is 9.09. The highest BCUT2D eigenvalue weighted by Crippen LogP contribution is 2.51. The first kappa shape index (κ1) is 32.0. The Bertz CT molecular complexity index is 659. The number of aliphatic carboxylic acids is 1. The molecule has 0 amide bonds. The molecule has 0 rings (SSSR count). The van der Waals surface area contributed by atoms with Crippen molar-refractivity contribution in [3.05, 3.63) is 0 Å². The van der Waals surface area contributed by atoms with Gasteiger partial charge in [0.15, 0.2) is 0 Å². The quantitative estimate of drug-likeness (QED) is 0.145. The van der Waals surface area contributed by atoms with E-state index in [-0.39, 0.29) is 35.0 Å². The Hall–Kier alpha value is -0.950. The topological polar surface area (TPSA) is 89.9 Å². The predicted molar refractivity (Wildman–Crippen MR) is 135 cm³/mol. The van der Waals surface area contributed by atoms with E-state index in [1.54, 1.807) is 7.11 Å². The maximum atomic E-state index is 13.3. The van der Waals surface area contributed by atoms with Gasteiger partial charge in [0.25, 0.3) is 0 Å². The number of carbonyl (C=O) groups is 3. The summed E-state index contributed by atoms with van der Waals surface area (Å²) in [6, 6.07) is 0. The van der Waals surface area contributed by atoms with Crippen LogP contribution in [0.25, 0.3) is 0 Å². The Morgan fingerprint density at radius 3 is 1.97 bits per heavy atom. The van der Waals surface area contributed by atoms with Crippen molar-refractivity contribution in [2.24, 2.45) is 34.0 Å². The number of esters is 1. The van der Waals surface area contributed by atoms with Gasteiger partial charge in [-0.25, -0.2) is 0 Å². The summed E-state index contributed by atoms with van der Waals surface area (Å²) in [4.78, 5) is 38.0. The van der Waals surface area contributed by atoms with Gasteiger partial charge in [-0.3, -0.25) is 14.4 Å². The summed E-state index contributed by atoms with van der Waals surface area (Å²) in [6.07, 6.45) is 2.62. The van der Waals surface area contributed by atoms with Crippen LogP contribution in [-0.2, 0) is 23.9 Å². The number of alkyl halides is 1. The van der Waals surface area contributed by atoms with E-state index in [9.17, 15) is 19.5 Å². The number of carboxylic acid groups (broad SMARTS) is 1. The van der Waals surface area contributed by atoms with Gasteiger partial charge < -0.3 is 14.6 Å². The van der Waals surface area contributed by atoms with Crippen LogP contribution in [0.15, 0.2) is 0 Å². The summed E-state index contributed by atoms with van der Waals surface area (Å²) in [5.41, 5.74) is -2.13. The molecule has 0 aromatic rings. The molecule has 5 atom stereocenters. The Labute approximate surface area is 209 Å². The number of Topliss-reactive ketones (excluding diaryl/α,β-unsaturated/α-hetero) is 1. The van der Waals surface area contributed by atoms with Gasteiger partial charge in [-0.2, -0.15) is 0 Å². The third-order valence-electron chi connectivity index (χ3n) is 8.05. The number of halogens is 1. The van der Waals surface area contributed by atoms with Crippen LogP contribution in [0.3, 0.4) is 0 Å². The minimum Gasteiger partial charge on any atom is -0.481 e. The van der Waals surface area contributed by atoms with Crippen molar-refractivity contribution in [3.63, 3.8) is 0 Å². The molecule has 0 radical (unpaired) electrons. The van der Waals surface area contributed by atoms with Gasteiger partial charge in [0, 0.05) is 17.4 Å². The fourth-order valence-electron chi connectivity index (χ4n) is 5.02. The number of hydrogen-bond donors (Lipinski definition) is 1. The van der Waals surface area contributed by atoms with Gasteiger partial charge in [0.05, 0.1) is 17.9 Å². The Kier molecular flexibility index (Phi) is 12.8. The lowest BCUT2D eigenvalue weighted by molar-refractivity contribution is -0.163. The molecule has 0 aliphatic heterocycles. The third kappa shape index (κ3) is 7.78. The normalized spacial score (nSPS) is 18.0. The van der Waals surface area contributed by atoms with Crippen molar-refractivity contribution in [1.29, 1.82) is 0 Å². The maximum absolute atomic E-state index is 13.3. The van der Waals surface area contributed by atoms with Gasteiger partial charge in [-0.15, -0.1) is 0 Å². The van der Waals surface area contributed by atoms with Crippen LogP contribution >= 0.6 is 15.9 Å². The number of carbonyl (C=O) groups excluding carboxylic acids is 2. The van der Waals surface area contributed by atoms with Crippen LogP contribution in [-0.4, -0.2) is 48.0 Å². The van der Waals surface area contributed by atoms with Crippen LogP contribution in [0, 0.1) is 34.0 Å². The molecule has 33 heavy (non-hydrogen) atoms. The standard InChI is InChI=1S/C26H47BrO6/c1-11-13-21(27)26(9,23(31)33-15-14-32-10)17(3)24(5,6)16-19(22(29)30)20(12-2)25(7,8)18(4)28/h17,19-21H,11-16H2,1-10H3,(H,29,30). The smallest absolute Gasteiger partial charge is 0.313 e. The lowest BCUT2D eigenvalue weighted by Gasteiger charge is -2.47. The Balaban J connectivity index is 6.21. The maximum Gasteiger partial charge on any atom is 0.313 e. The summed E-state index contributed by atoms with van der Waals surface area (Å²) in [5, 5.41) is 10.2. The molecule has 0 fully saturated rings. The largest absolute Gasteiger partial charge is 0.481 e. The summed E-state index contributed by atoms with van der Waals surface area (Å²) >= 11 is 3.76. The van der Waals surface area contributed by atoms with E-state index in [1.807, 2.05) is 48.5 Å². The van der Waals surface area contributed by atoms with Gasteiger partial charge in [-0.1, -0.05) is 77.2 Å². The zero-order valence-corrected chi connectivity index (χ0v) is 24.0. The molecule has 0 aliphatic rings. The minimum absolute atomic E-state index is 0.0125. The fraction of sp³-hybridized carbons (Fsp3) is 0.885. The molecule has 1 N–H and O–H groups in total. The molecule has 7 heteroatoms. The van der Waals surface area contributed by atoms with Gasteiger partial charge in [0.1, 0.15) is 12.4 Å². The highest BCUT2D eigenvalue weighted by atomic mass is 79.9. The molecular formula is C26H47BrO6. The average molecular weight is 536 g/mol. The summed E-state index contributed by atoms with van der Waals surface area (Å²) in [6.45, 7) is 17.7. The van der Waals surface area contributed by atoms with E-state index in [1.165, 1.54) is 6.92 Å². The van der Waals surface area contributed by atoms with E-state index in [4.69, 9.17) is 9.47 Å². The molecule has 0 bridgehead atoms. The van der Waals surface area contributed by atoms with Gasteiger partial charge in [0.2, 0.25) is 0 Å². The van der Waals surface area contributed by atoms with Crippen LogP contribution in [0.2, 0.25) is 0 Å². The minimum atomic E-state index is -0.898. The first-order valence-corrected chi connectivity index (χ1v) is 13.0. The van der Waals surface area contributed by atoms with E-state index >= 15 is 0 Å². The van der Waals surface area contributed by atoms with E-state index in [0.29, 0.717) is 19.4 Å². The number of rotatable bonds is 16. The second-order valence-corrected chi connectivity index (χ2v) is 11.9. The van der Waals surface area contributed by atoms with Crippen molar-refractivity contribution in [1.82, 2.24) is 0 Å². The molecule has 0 spiro atoms. The van der Waals surface area contributed by atoms with Gasteiger partial charge in [-0.05, 0) is 43.9 Å². The van der Waals surface area contributed by atoms with Crippen molar-refractivity contribution >= 4 is 33.7 Å². The summed E-state index contributed by atoms with van der Waals surface area (Å²) in [5.74, 6) is -2.44. The van der Waals surface area contributed by atoms with E-state index in [0.717, 1.165) is 12.8 Å². The van der Waals surface area contributed by atoms with Crippen LogP contribution in [0.5, 0.6) is 0 Å². The van der Waals surface area contributed by atoms with E-state index in [2.05, 4.69) is 22.9 Å². The molecule has 0 aliphatic carbocycles.